The zero-order valence-corrected chi connectivity index (χ0v) is 34.1. The number of aromatic nitrogens is 5. The summed E-state index contributed by atoms with van der Waals surface area (Å²) < 4.78 is 7.30. The molecule has 0 aliphatic heterocycles. The number of hydrogen-bond donors (Lipinski definition) is 0. The molecule has 0 amide bonds. The molecule has 0 aliphatic carbocycles. The average Bonchev–Trinajstić information content (AvgIpc) is 4.00. The van der Waals surface area contributed by atoms with Crippen LogP contribution in [0, 0.1) is 0 Å². The molecule has 5 heteroatoms. The Morgan fingerprint density at radius 2 is 0.730 bits per heavy atom. The fourth-order valence-electron chi connectivity index (χ4n) is 9.86. The Morgan fingerprint density at radius 3 is 1.38 bits per heavy atom. The SMILES string of the molecule is c1ccc(-c2cc(-c3ccc(-n4c5cc(-n6c7ccccc7c7ccccc76)ccc5c5ccc6c(c7ccccc7n6-c6ccccc6)c54)cc3)nc(-c3ccccc3)n2)cc1. The molecule has 13 rings (SSSR count). The summed E-state index contributed by atoms with van der Waals surface area (Å²) in [7, 11) is 0. The van der Waals surface area contributed by atoms with Gasteiger partial charge in [0.2, 0.25) is 0 Å². The Labute approximate surface area is 363 Å². The first kappa shape index (κ1) is 35.2. The fraction of sp³-hybridized carbons (Fsp3) is 0. The van der Waals surface area contributed by atoms with E-state index in [4.69, 9.17) is 9.97 Å². The highest BCUT2D eigenvalue weighted by Crippen LogP contribution is 2.43. The average molecular weight is 804 g/mol. The van der Waals surface area contributed by atoms with Gasteiger partial charge in [0.15, 0.2) is 5.82 Å². The fourth-order valence-corrected chi connectivity index (χ4v) is 9.86. The Morgan fingerprint density at radius 1 is 0.270 bits per heavy atom. The van der Waals surface area contributed by atoms with Crippen molar-refractivity contribution in [2.45, 2.75) is 0 Å². The van der Waals surface area contributed by atoms with Gasteiger partial charge < -0.3 is 13.7 Å². The van der Waals surface area contributed by atoms with E-state index in [1.807, 2.05) is 24.3 Å². The maximum absolute atomic E-state index is 5.16. The lowest BCUT2D eigenvalue weighted by Crippen LogP contribution is -1.98. The predicted molar refractivity (Wildman–Crippen MR) is 261 cm³/mol. The number of hydrogen-bond acceptors (Lipinski definition) is 2. The number of fused-ring (bicyclic) bond motifs is 10. The summed E-state index contributed by atoms with van der Waals surface area (Å²) in [5.74, 6) is 0.702. The topological polar surface area (TPSA) is 40.6 Å². The van der Waals surface area contributed by atoms with Gasteiger partial charge in [0, 0.05) is 66.1 Å². The van der Waals surface area contributed by atoms with Crippen LogP contribution < -0.4 is 0 Å². The molecular formula is C58H37N5. The first-order chi connectivity index (χ1) is 31.3. The van der Waals surface area contributed by atoms with Crippen molar-refractivity contribution < 1.29 is 0 Å². The van der Waals surface area contributed by atoms with Gasteiger partial charge in [0.1, 0.15) is 0 Å². The van der Waals surface area contributed by atoms with Crippen molar-refractivity contribution in [2.24, 2.45) is 0 Å². The van der Waals surface area contributed by atoms with Crippen LogP contribution >= 0.6 is 0 Å². The van der Waals surface area contributed by atoms with Crippen LogP contribution in [0.1, 0.15) is 0 Å². The maximum Gasteiger partial charge on any atom is 0.160 e. The third-order valence-corrected chi connectivity index (χ3v) is 12.6. The van der Waals surface area contributed by atoms with Crippen LogP contribution in [-0.4, -0.2) is 23.7 Å². The van der Waals surface area contributed by atoms with E-state index in [1.165, 1.54) is 59.9 Å². The molecule has 0 fully saturated rings. The Kier molecular flexibility index (Phi) is 7.84. The Hall–Kier alpha value is -8.54. The van der Waals surface area contributed by atoms with Gasteiger partial charge in [-0.25, -0.2) is 9.97 Å². The van der Waals surface area contributed by atoms with Gasteiger partial charge in [0.25, 0.3) is 0 Å². The molecule has 63 heavy (non-hydrogen) atoms. The van der Waals surface area contributed by atoms with Crippen LogP contribution in [0.3, 0.4) is 0 Å². The molecule has 0 radical (unpaired) electrons. The minimum absolute atomic E-state index is 0.702. The highest BCUT2D eigenvalue weighted by atomic mass is 15.0. The summed E-state index contributed by atoms with van der Waals surface area (Å²) in [5, 5.41) is 7.34. The second-order valence-electron chi connectivity index (χ2n) is 16.2. The normalized spacial score (nSPS) is 11.8. The van der Waals surface area contributed by atoms with Gasteiger partial charge in [-0.3, -0.25) is 0 Å². The predicted octanol–water partition coefficient (Wildman–Crippen LogP) is 14.8. The largest absolute Gasteiger partial charge is 0.309 e. The third-order valence-electron chi connectivity index (χ3n) is 12.6. The minimum atomic E-state index is 0.702. The highest BCUT2D eigenvalue weighted by molar-refractivity contribution is 6.26. The summed E-state index contributed by atoms with van der Waals surface area (Å²) >= 11 is 0. The number of rotatable bonds is 6. The van der Waals surface area contributed by atoms with Gasteiger partial charge in [-0.2, -0.15) is 0 Å². The van der Waals surface area contributed by atoms with Gasteiger partial charge in [-0.15, -0.1) is 0 Å². The lowest BCUT2D eigenvalue weighted by atomic mass is 10.1. The van der Waals surface area contributed by atoms with Gasteiger partial charge in [-0.05, 0) is 66.7 Å². The maximum atomic E-state index is 5.16. The molecule has 294 valence electrons. The van der Waals surface area contributed by atoms with Gasteiger partial charge in [-0.1, -0.05) is 158 Å². The molecule has 0 aliphatic rings. The summed E-state index contributed by atoms with van der Waals surface area (Å²) in [6.45, 7) is 0. The minimum Gasteiger partial charge on any atom is -0.309 e. The molecule has 4 aromatic heterocycles. The van der Waals surface area contributed by atoms with E-state index in [9.17, 15) is 0 Å². The molecule has 5 nitrogen and oxygen atoms in total. The molecule has 0 spiro atoms. The number of para-hydroxylation sites is 4. The van der Waals surface area contributed by atoms with Crippen molar-refractivity contribution in [1.82, 2.24) is 23.7 Å². The first-order valence-corrected chi connectivity index (χ1v) is 21.4. The molecule has 0 saturated carbocycles. The first-order valence-electron chi connectivity index (χ1n) is 21.4. The lowest BCUT2D eigenvalue weighted by molar-refractivity contribution is 1.15. The quantitative estimate of drug-likeness (QED) is 0.168. The molecule has 0 N–H and O–H groups in total. The van der Waals surface area contributed by atoms with Gasteiger partial charge >= 0.3 is 0 Å². The second-order valence-corrected chi connectivity index (χ2v) is 16.2. The lowest BCUT2D eigenvalue weighted by Gasteiger charge is -2.13. The van der Waals surface area contributed by atoms with Crippen molar-refractivity contribution >= 4 is 65.4 Å². The van der Waals surface area contributed by atoms with Crippen molar-refractivity contribution in [3.8, 4) is 51.0 Å². The molecule has 0 saturated heterocycles. The number of benzene rings is 9. The van der Waals surface area contributed by atoms with Crippen LogP contribution in [0.5, 0.6) is 0 Å². The molecule has 0 unspecified atom stereocenters. The van der Waals surface area contributed by atoms with Crippen molar-refractivity contribution in [1.29, 1.82) is 0 Å². The van der Waals surface area contributed by atoms with Crippen molar-refractivity contribution in [3.05, 3.63) is 224 Å². The van der Waals surface area contributed by atoms with Crippen molar-refractivity contribution in [3.63, 3.8) is 0 Å². The van der Waals surface area contributed by atoms with E-state index < -0.39 is 0 Å². The van der Waals surface area contributed by atoms with E-state index >= 15 is 0 Å². The molecule has 13 aromatic rings. The summed E-state index contributed by atoms with van der Waals surface area (Å²) in [6.07, 6.45) is 0. The Balaban J connectivity index is 1.08. The zero-order valence-electron chi connectivity index (χ0n) is 34.1. The van der Waals surface area contributed by atoms with E-state index in [0.717, 1.165) is 50.7 Å². The molecule has 0 atom stereocenters. The smallest absolute Gasteiger partial charge is 0.160 e. The molecular weight excluding hydrogens is 767 g/mol. The molecule has 0 bridgehead atoms. The van der Waals surface area contributed by atoms with Crippen LogP contribution in [0.2, 0.25) is 0 Å². The number of nitrogens with zero attached hydrogens (tertiary/aromatic N) is 5. The summed E-state index contributed by atoms with van der Waals surface area (Å²) in [6, 6.07) is 80.2. The summed E-state index contributed by atoms with van der Waals surface area (Å²) in [5.41, 5.74) is 15.2. The van der Waals surface area contributed by atoms with Crippen LogP contribution in [0.15, 0.2) is 224 Å². The van der Waals surface area contributed by atoms with Crippen LogP contribution in [0.4, 0.5) is 0 Å². The van der Waals surface area contributed by atoms with Gasteiger partial charge in [0.05, 0.1) is 44.5 Å². The zero-order chi connectivity index (χ0) is 41.4. The monoisotopic (exact) mass is 803 g/mol. The Bertz CT molecular complexity index is 3770. The van der Waals surface area contributed by atoms with Crippen LogP contribution in [0.25, 0.3) is 116 Å². The van der Waals surface area contributed by atoms with E-state index in [1.54, 1.807) is 0 Å². The highest BCUT2D eigenvalue weighted by Gasteiger charge is 2.22. The second kappa shape index (κ2) is 14.0. The molecule has 9 aromatic carbocycles. The van der Waals surface area contributed by atoms with E-state index in [0.29, 0.717) is 5.82 Å². The van der Waals surface area contributed by atoms with E-state index in [-0.39, 0.29) is 0 Å². The van der Waals surface area contributed by atoms with E-state index in [2.05, 4.69) is 214 Å². The standard InChI is InChI=1S/C58H37N5/c1-4-16-38(17-5-1)49-37-50(60-58(59-49)40-18-6-2-7-19-40)39-28-30-42(31-29-39)63-55-36-43(62-51-25-13-10-22-44(51)45-23-11-14-26-52(45)62)32-33-46(55)47-34-35-54-56(57(47)63)48-24-12-15-27-53(48)61(54)41-20-8-3-9-21-41/h1-37H. The van der Waals surface area contributed by atoms with Crippen LogP contribution in [-0.2, 0) is 0 Å². The van der Waals surface area contributed by atoms with Crippen molar-refractivity contribution in [2.75, 3.05) is 0 Å². The summed E-state index contributed by atoms with van der Waals surface area (Å²) in [4.78, 5) is 10.2. The molecule has 4 heterocycles. The third kappa shape index (κ3) is 5.50.